The molecule has 0 fully saturated rings. The number of hydrogen-bond donors (Lipinski definition) is 3. The number of carbonyl (C=O) groups is 1. The van der Waals surface area contributed by atoms with Gasteiger partial charge >= 0.3 is 0 Å². The second-order valence-electron chi connectivity index (χ2n) is 3.17. The molecule has 0 aliphatic rings. The molecule has 0 unspecified atom stereocenters. The van der Waals surface area contributed by atoms with Gasteiger partial charge in [0.1, 0.15) is 6.29 Å². The lowest BCUT2D eigenvalue weighted by atomic mass is 10.1. The first kappa shape index (κ1) is 11.4. The highest BCUT2D eigenvalue weighted by Crippen LogP contribution is 2.28. The van der Waals surface area contributed by atoms with E-state index in [0.29, 0.717) is 6.42 Å². The van der Waals surface area contributed by atoms with Gasteiger partial charge in [-0.15, -0.1) is 0 Å². The minimum absolute atomic E-state index is 0.413. The van der Waals surface area contributed by atoms with Crippen molar-refractivity contribution in [3.8, 4) is 0 Å². The topological polar surface area (TPSA) is 53.2 Å². The first-order chi connectivity index (χ1) is 7.26. The Hall–Kier alpha value is -1.71. The van der Waals surface area contributed by atoms with E-state index in [1.165, 1.54) is 0 Å². The van der Waals surface area contributed by atoms with Gasteiger partial charge in [0.05, 0.1) is 0 Å². The summed E-state index contributed by atoms with van der Waals surface area (Å²) in [5.74, 6) is 0. The maximum atomic E-state index is 10.6. The molecule has 1 rings (SSSR count). The van der Waals surface area contributed by atoms with Crippen LogP contribution in [0.5, 0.6) is 0 Å². The molecule has 0 spiro atoms. The van der Waals surface area contributed by atoms with Crippen molar-refractivity contribution in [3.05, 3.63) is 17.7 Å². The first-order valence-corrected chi connectivity index (χ1v) is 4.90. The van der Waals surface area contributed by atoms with Crippen LogP contribution >= 0.6 is 0 Å². The van der Waals surface area contributed by atoms with E-state index in [1.54, 1.807) is 0 Å². The normalized spacial score (nSPS) is 9.53. The van der Waals surface area contributed by atoms with Crippen LogP contribution in [-0.2, 0) is 11.2 Å². The summed E-state index contributed by atoms with van der Waals surface area (Å²) in [6.45, 7) is 0. The number of benzene rings is 1. The lowest BCUT2D eigenvalue weighted by molar-refractivity contribution is -0.107. The molecular weight excluding hydrogens is 190 g/mol. The van der Waals surface area contributed by atoms with Crippen LogP contribution in [0.25, 0.3) is 0 Å². The SMILES string of the molecule is CNc1cc(NC)c(CC=O)c(NC)c1. The van der Waals surface area contributed by atoms with E-state index in [4.69, 9.17) is 0 Å². The average Bonchev–Trinajstić information content (AvgIpc) is 2.29. The highest BCUT2D eigenvalue weighted by atomic mass is 16.1. The van der Waals surface area contributed by atoms with Crippen LogP contribution in [0.3, 0.4) is 0 Å². The summed E-state index contributed by atoms with van der Waals surface area (Å²) in [4.78, 5) is 10.6. The fourth-order valence-corrected chi connectivity index (χ4v) is 1.57. The molecule has 4 nitrogen and oxygen atoms in total. The molecule has 0 bridgehead atoms. The third kappa shape index (κ3) is 2.40. The predicted molar refractivity (Wildman–Crippen MR) is 64.9 cm³/mol. The minimum Gasteiger partial charge on any atom is -0.388 e. The summed E-state index contributed by atoms with van der Waals surface area (Å²) < 4.78 is 0. The van der Waals surface area contributed by atoms with E-state index >= 15 is 0 Å². The zero-order valence-electron chi connectivity index (χ0n) is 9.35. The van der Waals surface area contributed by atoms with Gasteiger partial charge in [-0.3, -0.25) is 0 Å². The number of anilines is 3. The molecule has 15 heavy (non-hydrogen) atoms. The maximum Gasteiger partial charge on any atom is 0.124 e. The smallest absolute Gasteiger partial charge is 0.124 e. The van der Waals surface area contributed by atoms with Gasteiger partial charge in [0.25, 0.3) is 0 Å². The molecule has 0 atom stereocenters. The van der Waals surface area contributed by atoms with Crippen molar-refractivity contribution in [1.29, 1.82) is 0 Å². The van der Waals surface area contributed by atoms with Crippen LogP contribution < -0.4 is 16.0 Å². The molecule has 1 aromatic carbocycles. The molecule has 0 aromatic heterocycles. The Labute approximate surface area is 90.1 Å². The van der Waals surface area contributed by atoms with Crippen molar-refractivity contribution in [1.82, 2.24) is 0 Å². The lowest BCUT2D eigenvalue weighted by Gasteiger charge is -2.15. The Morgan fingerprint density at radius 1 is 1.07 bits per heavy atom. The fraction of sp³-hybridized carbons (Fsp3) is 0.364. The zero-order chi connectivity index (χ0) is 11.3. The molecule has 0 heterocycles. The van der Waals surface area contributed by atoms with Gasteiger partial charge in [0.15, 0.2) is 0 Å². The van der Waals surface area contributed by atoms with E-state index in [1.807, 2.05) is 33.3 Å². The first-order valence-electron chi connectivity index (χ1n) is 4.90. The summed E-state index contributed by atoms with van der Waals surface area (Å²) >= 11 is 0. The Balaban J connectivity index is 3.25. The monoisotopic (exact) mass is 207 g/mol. The standard InChI is InChI=1S/C11H17N3O/c1-12-8-6-10(13-2)9(4-5-15)11(7-8)14-3/h5-7,12-14H,4H2,1-3H3. The van der Waals surface area contributed by atoms with Crippen LogP contribution in [0.2, 0.25) is 0 Å². The van der Waals surface area contributed by atoms with Gasteiger partial charge < -0.3 is 20.7 Å². The van der Waals surface area contributed by atoms with Crippen molar-refractivity contribution >= 4 is 23.3 Å². The van der Waals surface area contributed by atoms with Gasteiger partial charge in [-0.2, -0.15) is 0 Å². The Kier molecular flexibility index (Phi) is 3.97. The zero-order valence-corrected chi connectivity index (χ0v) is 9.35. The molecule has 0 aliphatic heterocycles. The Morgan fingerprint density at radius 3 is 1.93 bits per heavy atom. The predicted octanol–water partition coefficient (Wildman–Crippen LogP) is 1.55. The highest BCUT2D eigenvalue weighted by Gasteiger charge is 2.08. The van der Waals surface area contributed by atoms with Crippen molar-refractivity contribution in [3.63, 3.8) is 0 Å². The number of nitrogens with one attached hydrogen (secondary N) is 3. The molecule has 3 N–H and O–H groups in total. The molecule has 0 saturated carbocycles. The Morgan fingerprint density at radius 2 is 1.60 bits per heavy atom. The molecule has 82 valence electrons. The molecule has 0 saturated heterocycles. The maximum absolute atomic E-state index is 10.6. The summed E-state index contributed by atoms with van der Waals surface area (Å²) in [5.41, 5.74) is 3.95. The number of hydrogen-bond acceptors (Lipinski definition) is 4. The van der Waals surface area contributed by atoms with Crippen LogP contribution in [0.4, 0.5) is 17.1 Å². The van der Waals surface area contributed by atoms with Crippen LogP contribution in [0.1, 0.15) is 5.56 Å². The molecule has 0 aliphatic carbocycles. The molecule has 0 amide bonds. The molecular formula is C11H17N3O. The van der Waals surface area contributed by atoms with Crippen LogP contribution in [0.15, 0.2) is 12.1 Å². The van der Waals surface area contributed by atoms with Gasteiger partial charge in [-0.25, -0.2) is 0 Å². The second kappa shape index (κ2) is 5.24. The molecule has 0 radical (unpaired) electrons. The highest BCUT2D eigenvalue weighted by molar-refractivity contribution is 5.77. The molecule has 4 heteroatoms. The van der Waals surface area contributed by atoms with Gasteiger partial charge in [-0.1, -0.05) is 0 Å². The van der Waals surface area contributed by atoms with Crippen molar-refractivity contribution in [2.24, 2.45) is 0 Å². The number of rotatable bonds is 5. The van der Waals surface area contributed by atoms with Crippen molar-refractivity contribution < 1.29 is 4.79 Å². The van der Waals surface area contributed by atoms with Gasteiger partial charge in [-0.05, 0) is 12.1 Å². The summed E-state index contributed by atoms with van der Waals surface area (Å²) in [5, 5.41) is 9.26. The van der Waals surface area contributed by atoms with Gasteiger partial charge in [0, 0.05) is 50.2 Å². The van der Waals surface area contributed by atoms with E-state index < -0.39 is 0 Å². The fourth-order valence-electron chi connectivity index (χ4n) is 1.57. The van der Waals surface area contributed by atoms with Crippen LogP contribution in [-0.4, -0.2) is 27.4 Å². The van der Waals surface area contributed by atoms with E-state index in [0.717, 1.165) is 28.9 Å². The number of aldehydes is 1. The second-order valence-corrected chi connectivity index (χ2v) is 3.17. The van der Waals surface area contributed by atoms with Crippen molar-refractivity contribution in [2.45, 2.75) is 6.42 Å². The lowest BCUT2D eigenvalue weighted by Crippen LogP contribution is -2.03. The summed E-state index contributed by atoms with van der Waals surface area (Å²) in [6, 6.07) is 3.97. The molecule has 1 aromatic rings. The van der Waals surface area contributed by atoms with Crippen LogP contribution in [0, 0.1) is 0 Å². The Bertz CT molecular complexity index is 325. The van der Waals surface area contributed by atoms with Gasteiger partial charge in [0.2, 0.25) is 0 Å². The van der Waals surface area contributed by atoms with E-state index in [-0.39, 0.29) is 0 Å². The summed E-state index contributed by atoms with van der Waals surface area (Å²) in [7, 11) is 5.57. The summed E-state index contributed by atoms with van der Waals surface area (Å²) in [6.07, 6.45) is 1.33. The van der Waals surface area contributed by atoms with E-state index in [2.05, 4.69) is 16.0 Å². The third-order valence-electron chi connectivity index (χ3n) is 2.36. The average molecular weight is 207 g/mol. The third-order valence-corrected chi connectivity index (χ3v) is 2.36. The van der Waals surface area contributed by atoms with Crippen molar-refractivity contribution in [2.75, 3.05) is 37.1 Å². The minimum atomic E-state index is 0.413. The number of carbonyl (C=O) groups excluding carboxylic acids is 1. The van der Waals surface area contributed by atoms with E-state index in [9.17, 15) is 4.79 Å². The quantitative estimate of drug-likeness (QED) is 0.641. The largest absolute Gasteiger partial charge is 0.388 e.